The lowest BCUT2D eigenvalue weighted by atomic mass is 10.1. The summed E-state index contributed by atoms with van der Waals surface area (Å²) in [5.74, 6) is 1.14. The molecular weight excluding hydrogens is 442 g/mol. The Hall–Kier alpha value is -3.93. The summed E-state index contributed by atoms with van der Waals surface area (Å²) in [7, 11) is 0. The van der Waals surface area contributed by atoms with Gasteiger partial charge in [-0.3, -0.25) is 9.79 Å². The molecular formula is C26H31N7O2. The number of carbonyl (C=O) groups excluding carboxylic acids is 1. The van der Waals surface area contributed by atoms with Crippen LogP contribution in [0.3, 0.4) is 0 Å². The number of anilines is 1. The summed E-state index contributed by atoms with van der Waals surface area (Å²) in [4.78, 5) is 19.9. The van der Waals surface area contributed by atoms with E-state index in [0.29, 0.717) is 35.3 Å². The van der Waals surface area contributed by atoms with E-state index in [1.807, 2.05) is 4.57 Å². The minimum absolute atomic E-state index is 0.0840. The molecule has 1 fully saturated rings. The predicted molar refractivity (Wildman–Crippen MR) is 135 cm³/mol. The summed E-state index contributed by atoms with van der Waals surface area (Å²) < 4.78 is 7.36. The molecule has 0 aromatic carbocycles. The Balaban J connectivity index is 1.76. The molecule has 1 N–H and O–H groups in total. The lowest BCUT2D eigenvalue weighted by molar-refractivity contribution is 0.0939. The van der Waals surface area contributed by atoms with Crippen molar-refractivity contribution in [2.45, 2.75) is 58.5 Å². The highest BCUT2D eigenvalue weighted by atomic mass is 16.4. The van der Waals surface area contributed by atoms with Gasteiger partial charge in [0.15, 0.2) is 0 Å². The average molecular weight is 474 g/mol. The van der Waals surface area contributed by atoms with Crippen LogP contribution >= 0.6 is 0 Å². The molecule has 35 heavy (non-hydrogen) atoms. The lowest BCUT2D eigenvalue weighted by Gasteiger charge is -2.30. The van der Waals surface area contributed by atoms with Crippen molar-refractivity contribution in [1.82, 2.24) is 20.1 Å². The van der Waals surface area contributed by atoms with Gasteiger partial charge >= 0.3 is 0 Å². The van der Waals surface area contributed by atoms with Crippen molar-refractivity contribution in [3.05, 3.63) is 59.0 Å². The molecule has 0 radical (unpaired) electrons. The number of carbonyl (C=O) groups is 1. The maximum absolute atomic E-state index is 13.5. The van der Waals surface area contributed by atoms with Gasteiger partial charge in [-0.25, -0.2) is 0 Å². The number of aromatic nitrogens is 3. The van der Waals surface area contributed by atoms with E-state index in [-0.39, 0.29) is 12.5 Å². The van der Waals surface area contributed by atoms with Crippen LogP contribution in [0.25, 0.3) is 0 Å². The van der Waals surface area contributed by atoms with Crippen LogP contribution in [0.1, 0.15) is 66.4 Å². The van der Waals surface area contributed by atoms with Gasteiger partial charge in [0.1, 0.15) is 28.8 Å². The molecule has 2 aliphatic rings. The summed E-state index contributed by atoms with van der Waals surface area (Å²) in [6.07, 6.45) is 16.4. The fourth-order valence-corrected chi connectivity index (χ4v) is 4.60. The van der Waals surface area contributed by atoms with E-state index < -0.39 is 0 Å². The number of nitrogens with one attached hydrogen (secondary N) is 1. The summed E-state index contributed by atoms with van der Waals surface area (Å²) in [6.45, 7) is 7.66. The van der Waals surface area contributed by atoms with Crippen LogP contribution in [0, 0.1) is 18.3 Å². The Morgan fingerprint density at radius 2 is 2.06 bits per heavy atom. The van der Waals surface area contributed by atoms with E-state index in [2.05, 4.69) is 68.6 Å². The third-order valence-electron chi connectivity index (χ3n) is 6.24. The maximum atomic E-state index is 13.5. The predicted octanol–water partition coefficient (Wildman–Crippen LogP) is 4.53. The van der Waals surface area contributed by atoms with Gasteiger partial charge in [-0.2, -0.15) is 5.26 Å². The number of aryl methyl sites for hydroxylation is 1. The monoisotopic (exact) mass is 473 g/mol. The van der Waals surface area contributed by atoms with Gasteiger partial charge in [-0.1, -0.05) is 36.0 Å². The second-order valence-corrected chi connectivity index (χ2v) is 8.69. The van der Waals surface area contributed by atoms with E-state index in [0.717, 1.165) is 57.4 Å². The normalized spacial score (nSPS) is 18.5. The Labute approximate surface area is 205 Å². The summed E-state index contributed by atoms with van der Waals surface area (Å²) >= 11 is 0. The zero-order valence-corrected chi connectivity index (χ0v) is 20.2. The molecule has 1 aliphatic carbocycles. The first kappa shape index (κ1) is 24.2. The Morgan fingerprint density at radius 3 is 2.77 bits per heavy atom. The quantitative estimate of drug-likeness (QED) is 0.467. The number of aliphatic imine (C=N–C) groups is 1. The van der Waals surface area contributed by atoms with E-state index >= 15 is 0 Å². The largest absolute Gasteiger partial charge is 0.424 e. The van der Waals surface area contributed by atoms with Gasteiger partial charge in [-0.15, -0.1) is 10.2 Å². The second-order valence-electron chi connectivity index (χ2n) is 8.69. The number of allylic oxidation sites excluding steroid dienone is 6. The van der Waals surface area contributed by atoms with Crippen LogP contribution in [-0.2, 0) is 13.1 Å². The maximum Gasteiger partial charge on any atom is 0.270 e. The van der Waals surface area contributed by atoms with Crippen molar-refractivity contribution in [2.75, 3.05) is 18.0 Å². The number of amides is 1. The lowest BCUT2D eigenvalue weighted by Crippen LogP contribution is -2.33. The number of hydrogen-bond donors (Lipinski definition) is 1. The van der Waals surface area contributed by atoms with Crippen LogP contribution in [0.5, 0.6) is 0 Å². The van der Waals surface area contributed by atoms with Gasteiger partial charge in [0, 0.05) is 26.6 Å². The van der Waals surface area contributed by atoms with Crippen LogP contribution in [-0.4, -0.2) is 40.5 Å². The van der Waals surface area contributed by atoms with Crippen molar-refractivity contribution < 1.29 is 9.21 Å². The Kier molecular flexibility index (Phi) is 7.93. The zero-order chi connectivity index (χ0) is 24.6. The van der Waals surface area contributed by atoms with Crippen molar-refractivity contribution in [2.24, 2.45) is 4.99 Å². The van der Waals surface area contributed by atoms with Gasteiger partial charge in [0.25, 0.3) is 5.91 Å². The molecule has 1 saturated heterocycles. The summed E-state index contributed by atoms with van der Waals surface area (Å²) in [6, 6.07) is 2.32. The van der Waals surface area contributed by atoms with Gasteiger partial charge in [-0.05, 0) is 45.2 Å². The number of hydrogen-bond acceptors (Lipinski definition) is 7. The number of nitrogens with zero attached hydrogens (tertiary/aromatic N) is 6. The topological polar surface area (TPSA) is 112 Å². The van der Waals surface area contributed by atoms with E-state index in [9.17, 15) is 10.1 Å². The zero-order valence-electron chi connectivity index (χ0n) is 20.2. The van der Waals surface area contributed by atoms with Crippen molar-refractivity contribution in [3.8, 4) is 6.07 Å². The molecule has 0 spiro atoms. The van der Waals surface area contributed by atoms with Gasteiger partial charge in [0.05, 0.1) is 6.54 Å². The highest BCUT2D eigenvalue weighted by molar-refractivity contribution is 6.01. The van der Waals surface area contributed by atoms with Crippen LogP contribution in [0.2, 0.25) is 0 Å². The average Bonchev–Trinajstić information content (AvgIpc) is 3.47. The van der Waals surface area contributed by atoms with Gasteiger partial charge in [0.2, 0.25) is 11.8 Å². The molecule has 4 rings (SSSR count). The van der Waals surface area contributed by atoms with Crippen molar-refractivity contribution in [3.63, 3.8) is 0 Å². The third kappa shape index (κ3) is 5.60. The third-order valence-corrected chi connectivity index (χ3v) is 6.24. The molecule has 1 aliphatic heterocycles. The van der Waals surface area contributed by atoms with Crippen molar-refractivity contribution in [1.29, 1.82) is 5.26 Å². The van der Waals surface area contributed by atoms with Crippen LogP contribution in [0.4, 0.5) is 11.5 Å². The first-order valence-electron chi connectivity index (χ1n) is 12.1. The van der Waals surface area contributed by atoms with Gasteiger partial charge < -0.3 is 19.2 Å². The Morgan fingerprint density at radius 1 is 1.26 bits per heavy atom. The van der Waals surface area contributed by atoms with Crippen LogP contribution < -0.4 is 10.2 Å². The highest BCUT2D eigenvalue weighted by Crippen LogP contribution is 2.38. The minimum atomic E-state index is -0.355. The van der Waals surface area contributed by atoms with E-state index in [1.54, 1.807) is 6.92 Å². The number of nitriles is 1. The van der Waals surface area contributed by atoms with E-state index in [4.69, 9.17) is 4.42 Å². The molecule has 3 heterocycles. The molecule has 182 valence electrons. The molecule has 9 nitrogen and oxygen atoms in total. The summed E-state index contributed by atoms with van der Waals surface area (Å²) in [5.41, 5.74) is 2.25. The first-order chi connectivity index (χ1) is 17.1. The Bertz CT molecular complexity index is 1200. The van der Waals surface area contributed by atoms with Crippen molar-refractivity contribution >= 4 is 24.1 Å². The molecule has 2 aromatic heterocycles. The first-order valence-corrected chi connectivity index (χ1v) is 12.1. The molecule has 1 amide bonds. The molecule has 0 bridgehead atoms. The smallest absolute Gasteiger partial charge is 0.270 e. The molecule has 0 unspecified atom stereocenters. The standard InChI is InChI=1S/C26H31N7O2/c1-19-30-31-22(35-19)17-29-25(34)24-23(28-2)21(16-27)26(32-14-10-7-11-15-32)33(24)18-20-12-8-5-3-4-6-9-13-20/h3-6,12H,2,7-11,13-15,17-18H2,1H3,(H,29,34)/b5-3?,6-4-,20-12+. The summed E-state index contributed by atoms with van der Waals surface area (Å²) in [5, 5.41) is 20.8. The highest BCUT2D eigenvalue weighted by Gasteiger charge is 2.31. The number of piperidine rings is 1. The molecule has 0 atom stereocenters. The molecule has 2 aromatic rings. The SMILES string of the molecule is C=Nc1c(C#N)c(N2CCCCC2)n(C/C2=C/CC=C/C=C\CC2)c1C(=O)NCc1nnc(C)o1. The van der Waals surface area contributed by atoms with E-state index in [1.165, 1.54) is 5.57 Å². The number of rotatable bonds is 7. The molecule has 9 heteroatoms. The van der Waals surface area contributed by atoms with Crippen LogP contribution in [0.15, 0.2) is 45.4 Å². The fourth-order valence-electron chi connectivity index (χ4n) is 4.60. The fraction of sp³-hybridized carbons (Fsp3) is 0.423. The minimum Gasteiger partial charge on any atom is -0.424 e. The second kappa shape index (κ2) is 11.5. The molecule has 0 saturated carbocycles.